The summed E-state index contributed by atoms with van der Waals surface area (Å²) in [5.74, 6) is 0.752. The van der Waals surface area contributed by atoms with Gasteiger partial charge >= 0.3 is 0 Å². The van der Waals surface area contributed by atoms with E-state index in [1.807, 2.05) is 11.8 Å². The van der Waals surface area contributed by atoms with Crippen LogP contribution in [0.15, 0.2) is 28.7 Å². The molecule has 19 heavy (non-hydrogen) atoms. The highest BCUT2D eigenvalue weighted by atomic mass is 79.9. The fraction of sp³-hybridized carbons (Fsp3) is 0.625. The summed E-state index contributed by atoms with van der Waals surface area (Å²) < 4.78 is 1.28. The number of hydrogen-bond acceptors (Lipinski definition) is 2. The fourth-order valence-corrected chi connectivity index (χ4v) is 5.07. The van der Waals surface area contributed by atoms with Crippen molar-refractivity contribution in [2.45, 2.75) is 55.4 Å². The van der Waals surface area contributed by atoms with Gasteiger partial charge in [0.1, 0.15) is 0 Å². The molecule has 0 aromatic heterocycles. The molecule has 0 aliphatic heterocycles. The van der Waals surface area contributed by atoms with Crippen LogP contribution in [0.5, 0.6) is 0 Å². The molecule has 3 heteroatoms. The molecule has 2 aliphatic carbocycles. The zero-order valence-electron chi connectivity index (χ0n) is 11.4. The van der Waals surface area contributed by atoms with E-state index in [2.05, 4.69) is 51.8 Å². The zero-order chi connectivity index (χ0) is 13.2. The average molecular weight is 340 g/mol. The Bertz CT molecular complexity index is 431. The number of hydrogen-bond donors (Lipinski definition) is 1. The molecule has 2 fully saturated rings. The third kappa shape index (κ3) is 3.03. The molecule has 2 atom stereocenters. The molecular formula is C16H22BrNS. The molecule has 3 rings (SSSR count). The van der Waals surface area contributed by atoms with Gasteiger partial charge in [-0.15, -0.1) is 0 Å². The predicted octanol–water partition coefficient (Wildman–Crippen LogP) is 4.57. The molecule has 1 N–H and O–H groups in total. The Kier molecular flexibility index (Phi) is 4.55. The van der Waals surface area contributed by atoms with Crippen molar-refractivity contribution < 1.29 is 0 Å². The molecular weight excluding hydrogens is 318 g/mol. The van der Waals surface area contributed by atoms with Crippen LogP contribution in [0.1, 0.15) is 43.6 Å². The lowest BCUT2D eigenvalue weighted by Crippen LogP contribution is -2.47. The van der Waals surface area contributed by atoms with Gasteiger partial charge in [0.2, 0.25) is 0 Å². The highest BCUT2D eigenvalue weighted by Gasteiger charge is 2.35. The monoisotopic (exact) mass is 339 g/mol. The second kappa shape index (κ2) is 6.19. The van der Waals surface area contributed by atoms with Crippen LogP contribution in [0, 0.1) is 0 Å². The summed E-state index contributed by atoms with van der Waals surface area (Å²) in [5, 5.41) is 4.75. The zero-order valence-corrected chi connectivity index (χ0v) is 13.8. The summed E-state index contributed by atoms with van der Waals surface area (Å²) in [4.78, 5) is 0. The Labute approximate surface area is 129 Å². The van der Waals surface area contributed by atoms with Crippen molar-refractivity contribution in [3.05, 3.63) is 34.3 Å². The lowest BCUT2D eigenvalue weighted by Gasteiger charge is -2.39. The summed E-state index contributed by atoms with van der Waals surface area (Å²) in [6.07, 6.45) is 9.06. The van der Waals surface area contributed by atoms with Crippen LogP contribution in [0.3, 0.4) is 0 Å². The highest BCUT2D eigenvalue weighted by molar-refractivity contribution is 9.10. The lowest BCUT2D eigenvalue weighted by atomic mass is 9.75. The Morgan fingerprint density at radius 2 is 2.00 bits per heavy atom. The van der Waals surface area contributed by atoms with E-state index in [0.29, 0.717) is 0 Å². The minimum Gasteiger partial charge on any atom is -0.310 e. The van der Waals surface area contributed by atoms with Crippen molar-refractivity contribution in [1.29, 1.82) is 0 Å². The number of halogens is 1. The average Bonchev–Trinajstić information content (AvgIpc) is 2.82. The maximum atomic E-state index is 3.90. The Hall–Kier alpha value is 0.01000. The number of rotatable bonds is 4. The SMILES string of the molecule is CSC1CCCC1NC1CC(c2ccccc2Br)C1. The quantitative estimate of drug-likeness (QED) is 0.862. The number of nitrogens with one attached hydrogen (secondary N) is 1. The van der Waals surface area contributed by atoms with E-state index in [1.54, 1.807) is 0 Å². The van der Waals surface area contributed by atoms with Crippen LogP contribution in [0.4, 0.5) is 0 Å². The lowest BCUT2D eigenvalue weighted by molar-refractivity contribution is 0.266. The van der Waals surface area contributed by atoms with Gasteiger partial charge in [0.15, 0.2) is 0 Å². The number of benzene rings is 1. The van der Waals surface area contributed by atoms with Crippen LogP contribution < -0.4 is 5.32 Å². The Balaban J connectivity index is 1.52. The largest absolute Gasteiger partial charge is 0.310 e. The van der Waals surface area contributed by atoms with E-state index in [-0.39, 0.29) is 0 Å². The Morgan fingerprint density at radius 1 is 1.21 bits per heavy atom. The molecule has 1 nitrogen and oxygen atoms in total. The van der Waals surface area contributed by atoms with Crippen LogP contribution in [0.2, 0.25) is 0 Å². The first-order chi connectivity index (χ1) is 9.28. The van der Waals surface area contributed by atoms with Gasteiger partial charge in [-0.3, -0.25) is 0 Å². The molecule has 2 saturated carbocycles. The molecule has 0 spiro atoms. The molecule has 0 heterocycles. The third-order valence-corrected chi connectivity index (χ3v) is 6.58. The van der Waals surface area contributed by atoms with Gasteiger partial charge in [-0.2, -0.15) is 11.8 Å². The normalized spacial score (nSPS) is 34.2. The van der Waals surface area contributed by atoms with Crippen LogP contribution in [-0.2, 0) is 0 Å². The summed E-state index contributed by atoms with van der Waals surface area (Å²) in [6, 6.07) is 10.2. The standard InChI is InChI=1S/C16H22BrNS/c1-19-16-8-4-7-15(16)18-12-9-11(10-12)13-5-2-3-6-14(13)17/h2-3,5-6,11-12,15-16,18H,4,7-10H2,1H3. The minimum atomic E-state index is 0.745. The summed E-state index contributed by atoms with van der Waals surface area (Å²) in [7, 11) is 0. The van der Waals surface area contributed by atoms with Gasteiger partial charge in [-0.25, -0.2) is 0 Å². The fourth-order valence-electron chi connectivity index (χ4n) is 3.52. The van der Waals surface area contributed by atoms with Crippen LogP contribution in [0.25, 0.3) is 0 Å². The van der Waals surface area contributed by atoms with Crippen molar-refractivity contribution in [1.82, 2.24) is 5.32 Å². The van der Waals surface area contributed by atoms with E-state index in [9.17, 15) is 0 Å². The van der Waals surface area contributed by atoms with Gasteiger partial charge in [0, 0.05) is 21.8 Å². The molecule has 0 radical (unpaired) electrons. The first kappa shape index (κ1) is 14.0. The maximum absolute atomic E-state index is 3.90. The van der Waals surface area contributed by atoms with Crippen molar-refractivity contribution in [2.75, 3.05) is 6.26 Å². The summed E-state index contributed by atoms with van der Waals surface area (Å²) in [5.41, 5.74) is 1.49. The van der Waals surface area contributed by atoms with E-state index in [4.69, 9.17) is 0 Å². The van der Waals surface area contributed by atoms with Crippen molar-refractivity contribution in [3.63, 3.8) is 0 Å². The smallest absolute Gasteiger partial charge is 0.0210 e. The molecule has 1 aromatic rings. The van der Waals surface area contributed by atoms with Crippen LogP contribution >= 0.6 is 27.7 Å². The highest BCUT2D eigenvalue weighted by Crippen LogP contribution is 2.41. The second-order valence-electron chi connectivity index (χ2n) is 5.86. The molecule has 0 bridgehead atoms. The maximum Gasteiger partial charge on any atom is 0.0210 e. The third-order valence-electron chi connectivity index (χ3n) is 4.69. The van der Waals surface area contributed by atoms with Gasteiger partial charge in [0.05, 0.1) is 0 Å². The van der Waals surface area contributed by atoms with Gasteiger partial charge in [-0.05, 0) is 49.5 Å². The number of thioether (sulfide) groups is 1. The van der Waals surface area contributed by atoms with E-state index >= 15 is 0 Å². The summed E-state index contributed by atoms with van der Waals surface area (Å²) >= 11 is 5.72. The molecule has 2 unspecified atom stereocenters. The van der Waals surface area contributed by atoms with E-state index in [0.717, 1.165) is 23.3 Å². The predicted molar refractivity (Wildman–Crippen MR) is 88.0 cm³/mol. The van der Waals surface area contributed by atoms with Gasteiger partial charge in [-0.1, -0.05) is 40.5 Å². The Morgan fingerprint density at radius 3 is 2.74 bits per heavy atom. The molecule has 1 aromatic carbocycles. The molecule has 0 saturated heterocycles. The van der Waals surface area contributed by atoms with Gasteiger partial charge < -0.3 is 5.32 Å². The van der Waals surface area contributed by atoms with Crippen molar-refractivity contribution in [3.8, 4) is 0 Å². The summed E-state index contributed by atoms with van der Waals surface area (Å²) in [6.45, 7) is 0. The first-order valence-corrected chi connectivity index (χ1v) is 9.39. The van der Waals surface area contributed by atoms with Crippen molar-refractivity contribution >= 4 is 27.7 Å². The first-order valence-electron chi connectivity index (χ1n) is 7.31. The molecule has 0 amide bonds. The van der Waals surface area contributed by atoms with E-state index < -0.39 is 0 Å². The minimum absolute atomic E-state index is 0.745. The van der Waals surface area contributed by atoms with Gasteiger partial charge in [0.25, 0.3) is 0 Å². The van der Waals surface area contributed by atoms with Crippen LogP contribution in [-0.4, -0.2) is 23.6 Å². The molecule has 2 aliphatic rings. The topological polar surface area (TPSA) is 12.0 Å². The molecule has 104 valence electrons. The van der Waals surface area contributed by atoms with E-state index in [1.165, 1.54) is 42.1 Å². The second-order valence-corrected chi connectivity index (χ2v) is 7.80. The van der Waals surface area contributed by atoms with Crippen molar-refractivity contribution in [2.24, 2.45) is 0 Å².